The fourth-order valence-electron chi connectivity index (χ4n) is 0. The Kier molecular flexibility index (Phi) is 1.05. The number of rotatable bonds is 1. The highest BCUT2D eigenvalue weighted by atomic mass is 16.1. The molecule has 3 heteroatoms. The summed E-state index contributed by atoms with van der Waals surface area (Å²) in [6.07, 6.45) is 1.06. The molecule has 0 fully saturated rings. The van der Waals surface area contributed by atoms with E-state index in [9.17, 15) is 0 Å². The summed E-state index contributed by atoms with van der Waals surface area (Å²) in [7, 11) is 0. The van der Waals surface area contributed by atoms with Crippen LogP contribution in [0.3, 0.4) is 0 Å². The smallest absolute Gasteiger partial charge is 0.286 e. The lowest BCUT2D eigenvalue weighted by atomic mass is 11.4. The third kappa shape index (κ3) is 1.43. The summed E-state index contributed by atoms with van der Waals surface area (Å²) in [5, 5.41) is 0. The molecule has 0 heterocycles. The normalized spacial score (nSPS) is 8.75. The predicted molar refractivity (Wildman–Crippen MR) is 13.0 cm³/mol. The molecule has 3 N–H and O–H groups in total. The Morgan fingerprint density at radius 2 is 2.75 bits per heavy atom. The summed E-state index contributed by atoms with van der Waals surface area (Å²) in [5.74, 6) is 4.37. The fourth-order valence-corrected chi connectivity index (χ4v) is 0. The van der Waals surface area contributed by atoms with Crippen molar-refractivity contribution in [3.8, 4) is 0 Å². The predicted octanol–water partition coefficient (Wildman–Crippen LogP) is -1.48. The molecule has 0 bridgehead atoms. The Labute approximate surface area is 25.2 Å². The summed E-state index contributed by atoms with van der Waals surface area (Å²) >= 11 is 0. The van der Waals surface area contributed by atoms with Gasteiger partial charge in [0.15, 0.2) is 1.41 Å². The van der Waals surface area contributed by atoms with E-state index in [1.807, 2.05) is 0 Å². The molecule has 0 aliphatic heterocycles. The van der Waals surface area contributed by atoms with E-state index in [0.29, 0.717) is 0 Å². The van der Waals surface area contributed by atoms with Crippen LogP contribution in [-0.2, 0) is 4.79 Å². The van der Waals surface area contributed by atoms with E-state index >= 15 is 0 Å². The molecule has 0 rings (SSSR count). The van der Waals surface area contributed by atoms with E-state index in [1.54, 1.807) is 0 Å². The molecular weight excluding hydrogens is 56.0 g/mol. The molecule has 23 valence electrons. The number of hydrogen-bond acceptors (Lipinski definition) is 2. The summed E-state index contributed by atoms with van der Waals surface area (Å²) in [4.78, 5) is 8.99. The van der Waals surface area contributed by atoms with Gasteiger partial charge in [-0.25, -0.2) is 5.84 Å². The summed E-state index contributed by atoms with van der Waals surface area (Å²) in [6, 6.07) is 0. The zero-order valence-electron chi connectivity index (χ0n) is 2.93. The van der Waals surface area contributed by atoms with Gasteiger partial charge in [-0.2, -0.15) is 0 Å². The third-order valence-corrected chi connectivity index (χ3v) is 0.0527. The maximum absolute atomic E-state index is 8.99. The first-order valence-electron chi connectivity index (χ1n) is 1.13. The van der Waals surface area contributed by atoms with Crippen molar-refractivity contribution < 1.29 is 6.21 Å². The monoisotopic (exact) mass is 60.0 g/mol. The number of hydrazine groups is 1. The quantitative estimate of drug-likeness (QED) is 0.168. The molecule has 0 aliphatic rings. The van der Waals surface area contributed by atoms with Crippen LogP contribution in [0, 0.1) is 0 Å². The van der Waals surface area contributed by atoms with Gasteiger partial charge in [0.2, 0.25) is 0 Å². The van der Waals surface area contributed by atoms with Crippen LogP contribution in [-0.4, -0.2) is 6.41 Å². The highest BCUT2D eigenvalue weighted by Gasteiger charge is 1.47. The Hall–Kier alpha value is -0.570. The Morgan fingerprint density at radius 3 is 2.75 bits per heavy atom. The summed E-state index contributed by atoms with van der Waals surface area (Å²) < 4.78 is 6.01. The molecule has 1 radical (unpaired) electrons. The van der Waals surface area contributed by atoms with Gasteiger partial charge in [0.25, 0.3) is 0 Å². The molecule has 4 heavy (non-hydrogen) atoms. The van der Waals surface area contributed by atoms with Crippen molar-refractivity contribution in [1.29, 1.82) is 0 Å². The van der Waals surface area contributed by atoms with E-state index in [-0.39, 0.29) is 5.42 Å². The van der Waals surface area contributed by atoms with Crippen LogP contribution >= 0.6 is 0 Å². The van der Waals surface area contributed by atoms with Gasteiger partial charge in [0, 0.05) is 0 Å². The minimum Gasteiger partial charge on any atom is -0.286 e. The largest absolute Gasteiger partial charge is 0.324 e. The van der Waals surface area contributed by atoms with Crippen LogP contribution in [0.25, 0.3) is 0 Å². The van der Waals surface area contributed by atoms with Crippen LogP contribution in [0.15, 0.2) is 0 Å². The van der Waals surface area contributed by atoms with Gasteiger partial charge >= 0.3 is 6.41 Å². The lowest BCUT2D eigenvalue weighted by Crippen LogP contribution is -2.18. The minimum absolute atomic E-state index is 0.0694. The zero-order chi connectivity index (χ0) is 4.28. The van der Waals surface area contributed by atoms with Crippen LogP contribution in [0.5, 0.6) is 0 Å². The van der Waals surface area contributed by atoms with Crippen LogP contribution in [0.4, 0.5) is 0 Å². The number of nitrogens with one attached hydrogen (secondary N) is 1. The maximum atomic E-state index is 8.99. The molecule has 0 aromatic carbocycles. The van der Waals surface area contributed by atoms with Crippen LogP contribution in [0.1, 0.15) is 0 Å². The molecule has 0 aromatic heterocycles. The second-order valence-corrected chi connectivity index (χ2v) is 0.220. The number of carbonyl (C=O) groups excluding carboxylic acids is 1. The van der Waals surface area contributed by atoms with Gasteiger partial charge < -0.3 is 0 Å². The molecule has 0 atom stereocenters. The molecule has 0 saturated carbocycles. The van der Waals surface area contributed by atoms with E-state index in [2.05, 4.69) is 5.84 Å². The van der Waals surface area contributed by atoms with Crippen LogP contribution < -0.4 is 11.3 Å². The summed E-state index contributed by atoms with van der Waals surface area (Å²) in [5.41, 5.74) is 0.0694. The highest BCUT2D eigenvalue weighted by molar-refractivity contribution is 5.45. The second-order valence-electron chi connectivity index (χ2n) is 0.220. The molecule has 0 aromatic rings. The van der Waals surface area contributed by atoms with Crippen LogP contribution in [0.2, 0.25) is 1.41 Å². The molecule has 0 spiro atoms. The first kappa shape index (κ1) is 1.72. The van der Waals surface area contributed by atoms with Gasteiger partial charge in [0.1, 0.15) is 0 Å². The Morgan fingerprint density at radius 1 is 2.50 bits per heavy atom. The van der Waals surface area contributed by atoms with Crippen molar-refractivity contribution >= 4 is 6.41 Å². The van der Waals surface area contributed by atoms with Gasteiger partial charge in [0.05, 0.1) is 0 Å². The molecule has 3 nitrogen and oxygen atoms in total. The molecule has 0 saturated heterocycles. The van der Waals surface area contributed by atoms with E-state index < -0.39 is 0 Å². The van der Waals surface area contributed by atoms with Crippen molar-refractivity contribution in [3.63, 3.8) is 0 Å². The number of amides is 1. The Bertz CT molecular complexity index is 36.6. The average Bonchev–Trinajstić information content (AvgIpc) is 1.38. The number of hydrogen-bond donors (Lipinski definition) is 2. The van der Waals surface area contributed by atoms with E-state index in [1.165, 1.54) is 0 Å². The molecule has 1 amide bonds. The lowest BCUT2D eigenvalue weighted by molar-refractivity contribution is 0.544. The van der Waals surface area contributed by atoms with Crippen molar-refractivity contribution in [2.24, 2.45) is 5.84 Å². The topological polar surface area (TPSA) is 55.1 Å². The molecule has 0 aliphatic carbocycles. The van der Waals surface area contributed by atoms with Gasteiger partial charge in [-0.05, 0) is 0 Å². The van der Waals surface area contributed by atoms with Crippen molar-refractivity contribution in [3.05, 3.63) is 0 Å². The van der Waals surface area contributed by atoms with Gasteiger partial charge in [-0.1, -0.05) is 0 Å². The average molecular weight is 60.1 g/mol. The lowest BCUT2D eigenvalue weighted by Gasteiger charge is -1.63. The first-order valence-corrected chi connectivity index (χ1v) is 0.686. The third-order valence-electron chi connectivity index (χ3n) is 0.0527. The van der Waals surface area contributed by atoms with Crippen molar-refractivity contribution in [2.75, 3.05) is 0 Å². The van der Waals surface area contributed by atoms with E-state index in [0.717, 1.165) is 6.41 Å². The minimum atomic E-state index is 0.0694. The highest BCUT2D eigenvalue weighted by Crippen LogP contribution is 0.998. The second kappa shape index (κ2) is 2.43. The van der Waals surface area contributed by atoms with Crippen molar-refractivity contribution in [1.82, 2.24) is 5.42 Å². The Balaban J connectivity index is 2.83. The standard InChI is InChI=1S/CH3N2O/c2-3-1-4/h2H2,(H,3,4)/i/hD. The first-order chi connectivity index (χ1) is 2.27. The SMILES string of the molecule is [2H]N(N)[C]=O. The fraction of sp³-hybridized carbons (Fsp3) is 0. The maximum Gasteiger partial charge on any atom is 0.324 e. The van der Waals surface area contributed by atoms with Crippen molar-refractivity contribution in [2.45, 2.75) is 0 Å². The molecule has 0 unspecified atom stereocenters. The van der Waals surface area contributed by atoms with E-state index in [4.69, 9.17) is 6.21 Å². The summed E-state index contributed by atoms with van der Waals surface area (Å²) in [6.45, 7) is 0. The van der Waals surface area contributed by atoms with Gasteiger partial charge in [-0.3, -0.25) is 10.2 Å². The number of nitrogens with two attached hydrogens (primary N) is 1. The molecular formula is CH3N2O. The zero-order valence-corrected chi connectivity index (χ0v) is 1.93. The van der Waals surface area contributed by atoms with Gasteiger partial charge in [-0.15, -0.1) is 0 Å².